The number of amides is 1. The fraction of sp³-hybridized carbons (Fsp3) is 0.812. The Kier molecular flexibility index (Phi) is 11.0. The molecule has 1 unspecified atom stereocenters. The van der Waals surface area contributed by atoms with Crippen LogP contribution >= 0.6 is 0 Å². The molecule has 0 aromatic rings. The summed E-state index contributed by atoms with van der Waals surface area (Å²) in [5.41, 5.74) is -0.492. The van der Waals surface area contributed by atoms with Crippen molar-refractivity contribution in [3.05, 3.63) is 0 Å². The van der Waals surface area contributed by atoms with E-state index in [0.29, 0.717) is 19.6 Å². The highest BCUT2D eigenvalue weighted by atomic mass is 16.6. The van der Waals surface area contributed by atoms with Crippen molar-refractivity contribution in [1.29, 1.82) is 0 Å². The summed E-state index contributed by atoms with van der Waals surface area (Å²) in [6, 6.07) is 0. The second kappa shape index (κ2) is 11.9. The molecule has 0 rings (SSSR count). The lowest BCUT2D eigenvalue weighted by atomic mass is 10.1. The first-order valence-electron chi connectivity index (χ1n) is 8.02. The van der Waals surface area contributed by atoms with Gasteiger partial charge in [0.25, 0.3) is 0 Å². The number of esters is 1. The fourth-order valence-corrected chi connectivity index (χ4v) is 1.91. The number of alkyl carbamates (subject to hydrolysis) is 1. The topological polar surface area (TPSA) is 90.9 Å². The third kappa shape index (κ3) is 12.6. The molecular weight excluding hydrogens is 302 g/mol. The molecule has 1 N–H and O–H groups in total. The van der Waals surface area contributed by atoms with E-state index in [0.717, 1.165) is 25.7 Å². The van der Waals surface area contributed by atoms with Crippen LogP contribution in [-0.4, -0.2) is 43.4 Å². The maximum Gasteiger partial charge on any atom is 0.407 e. The van der Waals surface area contributed by atoms with Crippen LogP contribution in [0.2, 0.25) is 0 Å². The zero-order valence-electron chi connectivity index (χ0n) is 14.6. The van der Waals surface area contributed by atoms with E-state index >= 15 is 0 Å². The maximum absolute atomic E-state index is 11.4. The zero-order chi connectivity index (χ0) is 17.7. The molecule has 1 amide bonds. The van der Waals surface area contributed by atoms with Gasteiger partial charge in [-0.2, -0.15) is 0 Å². The quantitative estimate of drug-likeness (QED) is 0.271. The van der Waals surface area contributed by atoms with Gasteiger partial charge in [0.1, 0.15) is 5.60 Å². The SMILES string of the molecule is CCOC(CCCCCCNC(=O)OC(C)(C)C)C(=O)OC=O. The van der Waals surface area contributed by atoms with E-state index in [9.17, 15) is 14.4 Å². The number of hydrogen-bond acceptors (Lipinski definition) is 6. The first kappa shape index (κ1) is 21.4. The van der Waals surface area contributed by atoms with Gasteiger partial charge in [-0.05, 0) is 40.5 Å². The molecular formula is C16H29NO6. The Labute approximate surface area is 138 Å². The number of nitrogens with one attached hydrogen (secondary N) is 1. The molecule has 0 spiro atoms. The third-order valence-electron chi connectivity index (χ3n) is 2.86. The van der Waals surface area contributed by atoms with Gasteiger partial charge in [-0.25, -0.2) is 9.59 Å². The highest BCUT2D eigenvalue weighted by molar-refractivity contribution is 5.80. The van der Waals surface area contributed by atoms with Crippen molar-refractivity contribution in [3.63, 3.8) is 0 Å². The number of hydrogen-bond donors (Lipinski definition) is 1. The third-order valence-corrected chi connectivity index (χ3v) is 2.86. The van der Waals surface area contributed by atoms with Gasteiger partial charge < -0.3 is 19.5 Å². The largest absolute Gasteiger partial charge is 0.444 e. The minimum atomic E-state index is -0.690. The summed E-state index contributed by atoms with van der Waals surface area (Å²) in [7, 11) is 0. The smallest absolute Gasteiger partial charge is 0.407 e. The standard InChI is InChI=1S/C16H29NO6/c1-5-21-13(14(19)22-12-18)10-8-6-7-9-11-17-15(20)23-16(2,3)4/h12-13H,5-11H2,1-4H3,(H,17,20). The first-order valence-corrected chi connectivity index (χ1v) is 8.02. The van der Waals surface area contributed by atoms with Crippen LogP contribution in [0.4, 0.5) is 4.79 Å². The molecule has 0 heterocycles. The van der Waals surface area contributed by atoms with Crippen molar-refractivity contribution in [1.82, 2.24) is 5.32 Å². The minimum absolute atomic E-state index is 0.122. The van der Waals surface area contributed by atoms with Crippen molar-refractivity contribution >= 4 is 18.5 Å². The maximum atomic E-state index is 11.4. The van der Waals surface area contributed by atoms with Gasteiger partial charge >= 0.3 is 18.5 Å². The molecule has 134 valence electrons. The molecule has 0 aromatic carbocycles. The van der Waals surface area contributed by atoms with Crippen LogP contribution in [0.15, 0.2) is 0 Å². The molecule has 0 fully saturated rings. The summed E-state index contributed by atoms with van der Waals surface area (Å²) >= 11 is 0. The fourth-order valence-electron chi connectivity index (χ4n) is 1.91. The molecule has 0 aromatic heterocycles. The number of rotatable bonds is 11. The molecule has 7 heteroatoms. The lowest BCUT2D eigenvalue weighted by molar-refractivity contribution is -0.161. The van der Waals surface area contributed by atoms with Gasteiger partial charge in [0, 0.05) is 13.2 Å². The number of carbonyl (C=O) groups excluding carboxylic acids is 3. The van der Waals surface area contributed by atoms with Crippen LogP contribution in [0.3, 0.4) is 0 Å². The van der Waals surface area contributed by atoms with Crippen LogP contribution < -0.4 is 5.32 Å². The number of unbranched alkanes of at least 4 members (excludes halogenated alkanes) is 3. The predicted octanol–water partition coefficient (Wildman–Crippen LogP) is 2.57. The first-order chi connectivity index (χ1) is 10.8. The Bertz CT molecular complexity index is 364. The predicted molar refractivity (Wildman–Crippen MR) is 84.9 cm³/mol. The van der Waals surface area contributed by atoms with Crippen LogP contribution in [0.5, 0.6) is 0 Å². The van der Waals surface area contributed by atoms with E-state index in [1.54, 1.807) is 6.92 Å². The minimum Gasteiger partial charge on any atom is -0.444 e. The molecule has 23 heavy (non-hydrogen) atoms. The van der Waals surface area contributed by atoms with Crippen LogP contribution in [0.1, 0.15) is 59.8 Å². The summed E-state index contributed by atoms with van der Waals surface area (Å²) in [6.45, 7) is 8.29. The second-order valence-corrected chi connectivity index (χ2v) is 6.11. The average Bonchev–Trinajstić information content (AvgIpc) is 2.43. The van der Waals surface area contributed by atoms with Crippen molar-refractivity contribution < 1.29 is 28.6 Å². The Morgan fingerprint density at radius 1 is 1.13 bits per heavy atom. The molecule has 0 saturated carbocycles. The molecule has 1 atom stereocenters. The Hall–Kier alpha value is -1.63. The van der Waals surface area contributed by atoms with Gasteiger partial charge in [0.2, 0.25) is 0 Å². The van der Waals surface area contributed by atoms with Crippen molar-refractivity contribution in [2.24, 2.45) is 0 Å². The van der Waals surface area contributed by atoms with Gasteiger partial charge in [-0.3, -0.25) is 4.79 Å². The van der Waals surface area contributed by atoms with E-state index < -0.39 is 23.8 Å². The van der Waals surface area contributed by atoms with E-state index in [2.05, 4.69) is 10.1 Å². The van der Waals surface area contributed by atoms with Crippen molar-refractivity contribution in [2.75, 3.05) is 13.2 Å². The molecule has 0 saturated heterocycles. The summed E-state index contributed by atoms with van der Waals surface area (Å²) in [5, 5.41) is 2.70. The lowest BCUT2D eigenvalue weighted by Crippen LogP contribution is -2.33. The van der Waals surface area contributed by atoms with Crippen molar-refractivity contribution in [3.8, 4) is 0 Å². The van der Waals surface area contributed by atoms with Gasteiger partial charge in [0.05, 0.1) is 0 Å². The zero-order valence-corrected chi connectivity index (χ0v) is 14.6. The van der Waals surface area contributed by atoms with Gasteiger partial charge in [0.15, 0.2) is 6.10 Å². The summed E-state index contributed by atoms with van der Waals surface area (Å²) in [6.07, 6.45) is 2.84. The molecule has 0 aliphatic carbocycles. The lowest BCUT2D eigenvalue weighted by Gasteiger charge is -2.19. The van der Waals surface area contributed by atoms with Crippen LogP contribution in [0.25, 0.3) is 0 Å². The Morgan fingerprint density at radius 2 is 1.78 bits per heavy atom. The van der Waals surface area contributed by atoms with E-state index in [1.165, 1.54) is 0 Å². The van der Waals surface area contributed by atoms with Crippen molar-refractivity contribution in [2.45, 2.75) is 71.5 Å². The van der Waals surface area contributed by atoms with E-state index in [-0.39, 0.29) is 6.47 Å². The normalized spacial score (nSPS) is 12.3. The van der Waals surface area contributed by atoms with E-state index in [1.807, 2.05) is 20.8 Å². The summed E-state index contributed by atoms with van der Waals surface area (Å²) in [5.74, 6) is -0.645. The monoisotopic (exact) mass is 331 g/mol. The second-order valence-electron chi connectivity index (χ2n) is 6.11. The summed E-state index contributed by atoms with van der Waals surface area (Å²) in [4.78, 5) is 33.0. The van der Waals surface area contributed by atoms with Crippen LogP contribution in [-0.2, 0) is 23.8 Å². The molecule has 0 radical (unpaired) electrons. The number of carbonyl (C=O) groups is 3. The summed E-state index contributed by atoms with van der Waals surface area (Å²) < 4.78 is 14.7. The highest BCUT2D eigenvalue weighted by Crippen LogP contribution is 2.10. The van der Waals surface area contributed by atoms with E-state index in [4.69, 9.17) is 9.47 Å². The van der Waals surface area contributed by atoms with Gasteiger partial charge in [-0.1, -0.05) is 19.3 Å². The molecule has 0 bridgehead atoms. The Morgan fingerprint density at radius 3 is 2.35 bits per heavy atom. The average molecular weight is 331 g/mol. The molecule has 0 aliphatic rings. The molecule has 0 aliphatic heterocycles. The Balaban J connectivity index is 3.72. The molecule has 7 nitrogen and oxygen atoms in total. The van der Waals surface area contributed by atoms with Gasteiger partial charge in [-0.15, -0.1) is 0 Å². The number of ether oxygens (including phenoxy) is 3. The highest BCUT2D eigenvalue weighted by Gasteiger charge is 2.19. The van der Waals surface area contributed by atoms with Crippen LogP contribution in [0, 0.1) is 0 Å².